The Kier molecular flexibility index (Phi) is 15.3. The third-order valence-electron chi connectivity index (χ3n) is 6.96. The van der Waals surface area contributed by atoms with Crippen LogP contribution in [0.4, 0.5) is 4.79 Å². The van der Waals surface area contributed by atoms with Crippen LogP contribution >= 0.6 is 8.03 Å². The fourth-order valence-electron chi connectivity index (χ4n) is 4.24. The summed E-state index contributed by atoms with van der Waals surface area (Å²) < 4.78 is 30.8. The zero-order valence-electron chi connectivity index (χ0n) is 27.0. The molecule has 15 nitrogen and oxygen atoms in total. The highest BCUT2D eigenvalue weighted by molar-refractivity contribution is 7.38. The van der Waals surface area contributed by atoms with E-state index in [9.17, 15) is 33.3 Å². The van der Waals surface area contributed by atoms with Crippen LogP contribution in [0.5, 0.6) is 0 Å². The third kappa shape index (κ3) is 13.7. The third-order valence-corrected chi connectivity index (χ3v) is 7.48. The van der Waals surface area contributed by atoms with Crippen LogP contribution in [-0.2, 0) is 53.7 Å². The van der Waals surface area contributed by atoms with E-state index in [4.69, 9.17) is 18.7 Å². The Morgan fingerprint density at radius 2 is 1.59 bits per heavy atom. The summed E-state index contributed by atoms with van der Waals surface area (Å²) >= 11 is 0. The second-order valence-electron chi connectivity index (χ2n) is 11.6. The largest absolute Gasteiger partial charge is 0.510 e. The molecule has 0 radical (unpaired) electrons. The minimum atomic E-state index is -2.39. The van der Waals surface area contributed by atoms with Crippen molar-refractivity contribution in [1.82, 2.24) is 21.3 Å². The predicted molar refractivity (Wildman–Crippen MR) is 166 cm³/mol. The number of hydrogen-bond acceptors (Lipinski definition) is 11. The van der Waals surface area contributed by atoms with Crippen LogP contribution in [0.1, 0.15) is 53.0 Å². The maximum Gasteiger partial charge on any atom is 0.510 e. The van der Waals surface area contributed by atoms with E-state index in [1.807, 2.05) is 44.2 Å². The van der Waals surface area contributed by atoms with Crippen molar-refractivity contribution in [2.75, 3.05) is 26.6 Å². The number of Topliss-reactive ketones (excluding diaryl/α,β-unsaturated/α-hetero) is 1. The van der Waals surface area contributed by atoms with Gasteiger partial charge in [-0.3, -0.25) is 33.1 Å². The number of aryl methyl sites for hydroxylation is 1. The number of ether oxygens (including phenoxy) is 3. The second kappa shape index (κ2) is 18.4. The Bertz CT molecular complexity index is 1260. The van der Waals surface area contributed by atoms with Crippen molar-refractivity contribution < 1.29 is 52.1 Å². The van der Waals surface area contributed by atoms with Gasteiger partial charge in [-0.1, -0.05) is 44.2 Å². The van der Waals surface area contributed by atoms with Gasteiger partial charge in [0.15, 0.2) is 13.8 Å². The molecule has 1 saturated heterocycles. The average molecular weight is 669 g/mol. The smallest absolute Gasteiger partial charge is 0.428 e. The lowest BCUT2D eigenvalue weighted by molar-refractivity contribution is -0.136. The SMILES string of the molecule is CC(=O)N[C@@H](CCc1ccccc1)C(=O)N[C@@H](CC(C)C)C(=O)N[C@H](C(=O)NCC(=O)[C@@]1(C)CO1)[C@@H](C)OC(=O)OCO[PH](C)=O. The van der Waals surface area contributed by atoms with Gasteiger partial charge >= 0.3 is 6.16 Å². The highest BCUT2D eigenvalue weighted by Crippen LogP contribution is 2.26. The quantitative estimate of drug-likeness (QED) is 0.0714. The van der Waals surface area contributed by atoms with E-state index in [0.717, 1.165) is 5.56 Å². The predicted octanol–water partition coefficient (Wildman–Crippen LogP) is 1.23. The van der Waals surface area contributed by atoms with Crippen LogP contribution in [0.15, 0.2) is 30.3 Å². The van der Waals surface area contributed by atoms with Crippen LogP contribution in [-0.4, -0.2) is 92.0 Å². The molecule has 0 aliphatic carbocycles. The highest BCUT2D eigenvalue weighted by Gasteiger charge is 2.47. The minimum Gasteiger partial charge on any atom is -0.428 e. The number of amides is 4. The molecule has 1 aliphatic heterocycles. The van der Waals surface area contributed by atoms with E-state index in [1.165, 1.54) is 20.5 Å². The van der Waals surface area contributed by atoms with Crippen LogP contribution in [0.3, 0.4) is 0 Å². The maximum atomic E-state index is 13.6. The molecule has 16 heteroatoms. The van der Waals surface area contributed by atoms with Crippen molar-refractivity contribution in [2.24, 2.45) is 5.92 Å². The average Bonchev–Trinajstić information content (AvgIpc) is 3.74. The molecule has 6 atom stereocenters. The maximum absolute atomic E-state index is 13.6. The lowest BCUT2D eigenvalue weighted by Crippen LogP contribution is -2.60. The summed E-state index contributed by atoms with van der Waals surface area (Å²) in [6, 6.07) is 5.76. The van der Waals surface area contributed by atoms with Gasteiger partial charge in [0, 0.05) is 13.6 Å². The molecule has 1 aromatic rings. The first-order chi connectivity index (χ1) is 21.6. The molecule has 46 heavy (non-hydrogen) atoms. The van der Waals surface area contributed by atoms with Crippen molar-refractivity contribution in [3.63, 3.8) is 0 Å². The van der Waals surface area contributed by atoms with Crippen LogP contribution in [0.2, 0.25) is 0 Å². The Morgan fingerprint density at radius 3 is 2.15 bits per heavy atom. The molecular weight excluding hydrogens is 623 g/mol. The number of carbonyl (C=O) groups is 6. The Hall–Kier alpha value is -3.81. The van der Waals surface area contributed by atoms with Gasteiger partial charge in [0.05, 0.1) is 13.2 Å². The Labute approximate surface area is 269 Å². The first kappa shape index (κ1) is 38.4. The summed E-state index contributed by atoms with van der Waals surface area (Å²) in [4.78, 5) is 76.7. The highest BCUT2D eigenvalue weighted by atomic mass is 31.1. The van der Waals surface area contributed by atoms with E-state index in [1.54, 1.807) is 6.92 Å². The lowest BCUT2D eigenvalue weighted by atomic mass is 10.00. The van der Waals surface area contributed by atoms with Gasteiger partial charge in [0.1, 0.15) is 29.8 Å². The Morgan fingerprint density at radius 1 is 0.957 bits per heavy atom. The van der Waals surface area contributed by atoms with Gasteiger partial charge < -0.3 is 35.5 Å². The van der Waals surface area contributed by atoms with Crippen molar-refractivity contribution in [2.45, 2.75) is 83.7 Å². The van der Waals surface area contributed by atoms with Gasteiger partial charge in [-0.2, -0.15) is 0 Å². The first-order valence-corrected chi connectivity index (χ1v) is 16.8. The summed E-state index contributed by atoms with van der Waals surface area (Å²) in [6.07, 6.45) is -1.68. The van der Waals surface area contributed by atoms with E-state index >= 15 is 0 Å². The second-order valence-corrected chi connectivity index (χ2v) is 12.9. The number of epoxide rings is 1. The molecule has 1 fully saturated rings. The molecule has 4 amide bonds. The van der Waals surface area contributed by atoms with Crippen molar-refractivity contribution in [3.05, 3.63) is 35.9 Å². The molecule has 256 valence electrons. The molecule has 4 N–H and O–H groups in total. The van der Waals surface area contributed by atoms with Gasteiger partial charge in [-0.15, -0.1) is 0 Å². The molecule has 2 rings (SSSR count). The monoisotopic (exact) mass is 668 g/mol. The van der Waals surface area contributed by atoms with Gasteiger partial charge in [0.25, 0.3) is 0 Å². The molecule has 0 bridgehead atoms. The fourth-order valence-corrected chi connectivity index (χ4v) is 4.47. The molecule has 0 saturated carbocycles. The summed E-state index contributed by atoms with van der Waals surface area (Å²) in [5, 5.41) is 10.3. The molecule has 1 unspecified atom stereocenters. The van der Waals surface area contributed by atoms with Crippen LogP contribution in [0, 0.1) is 5.92 Å². The topological polar surface area (TPSA) is 208 Å². The summed E-state index contributed by atoms with van der Waals surface area (Å²) in [7, 11) is -2.39. The molecule has 1 heterocycles. The first-order valence-electron chi connectivity index (χ1n) is 14.9. The van der Waals surface area contributed by atoms with E-state index in [2.05, 4.69) is 21.3 Å². The van der Waals surface area contributed by atoms with Crippen molar-refractivity contribution >= 4 is 43.6 Å². The Balaban J connectivity index is 2.19. The molecule has 0 aromatic heterocycles. The van der Waals surface area contributed by atoms with Gasteiger partial charge in [0.2, 0.25) is 30.4 Å². The van der Waals surface area contributed by atoms with Crippen LogP contribution < -0.4 is 21.3 Å². The number of hydrogen-bond donors (Lipinski definition) is 4. The number of rotatable bonds is 19. The van der Waals surface area contributed by atoms with Crippen molar-refractivity contribution in [3.8, 4) is 0 Å². The minimum absolute atomic E-state index is 0.0848. The summed E-state index contributed by atoms with van der Waals surface area (Å²) in [5.41, 5.74) is -0.0451. The van der Waals surface area contributed by atoms with Gasteiger partial charge in [-0.05, 0) is 44.6 Å². The van der Waals surface area contributed by atoms with Crippen LogP contribution in [0.25, 0.3) is 0 Å². The van der Waals surface area contributed by atoms with E-state index in [0.29, 0.717) is 6.42 Å². The molecule has 0 spiro atoms. The fraction of sp³-hybridized carbons (Fsp3) is 0.600. The van der Waals surface area contributed by atoms with E-state index < -0.39 is 86.8 Å². The van der Waals surface area contributed by atoms with E-state index in [-0.39, 0.29) is 25.4 Å². The molecule has 1 aromatic carbocycles. The zero-order valence-corrected chi connectivity index (χ0v) is 28.0. The normalized spacial score (nSPS) is 18.6. The summed E-state index contributed by atoms with van der Waals surface area (Å²) in [5.74, 6) is -3.13. The standard InChI is InChI=1S/C30H45N4O11P/c1-18(2)14-23(33-26(37)22(32-20(4)35)13-12-21-10-8-7-9-11-21)27(38)34-25(19(3)45-29(40)42-17-44-46(6)41)28(39)31-15-24(36)30(5)16-43-30/h7-11,18-19,22-23,25,46H,12-17H2,1-6H3,(H,31,39)(H,32,35)(H,33,37)(H,34,38)/t19-,22+,23+,25+,30-/m1/s1. The number of carbonyl (C=O) groups excluding carboxylic acids is 6. The molecule has 1 aliphatic rings. The van der Waals surface area contributed by atoms with Gasteiger partial charge in [-0.25, -0.2) is 4.79 Å². The number of benzene rings is 1. The van der Waals surface area contributed by atoms with Crippen molar-refractivity contribution in [1.29, 1.82) is 0 Å². The lowest BCUT2D eigenvalue weighted by Gasteiger charge is -2.28. The zero-order chi connectivity index (χ0) is 34.4. The summed E-state index contributed by atoms with van der Waals surface area (Å²) in [6.45, 7) is 8.27. The number of nitrogens with one attached hydrogen (secondary N) is 4. The number of ketones is 1. The molecular formula is C30H45N4O11P.